The highest BCUT2D eigenvalue weighted by molar-refractivity contribution is 7.12. The molecule has 1 aromatic carbocycles. The summed E-state index contributed by atoms with van der Waals surface area (Å²) >= 11 is 1.46. The van der Waals surface area contributed by atoms with E-state index in [0.717, 1.165) is 10.4 Å². The Morgan fingerprint density at radius 3 is 2.70 bits per heavy atom. The van der Waals surface area contributed by atoms with Gasteiger partial charge in [0.2, 0.25) is 5.90 Å². The van der Waals surface area contributed by atoms with Gasteiger partial charge in [-0.05, 0) is 35.2 Å². The molecule has 1 aromatic heterocycles. The van der Waals surface area contributed by atoms with Crippen LogP contribution < -0.4 is 0 Å². The maximum Gasteiger partial charge on any atom is 0.363 e. The van der Waals surface area contributed by atoms with Crippen LogP contribution in [0.15, 0.2) is 52.5 Å². The Labute approximate surface area is 119 Å². The first-order chi connectivity index (χ1) is 9.76. The lowest BCUT2D eigenvalue weighted by Crippen LogP contribution is -2.03. The number of ether oxygens (including phenoxy) is 1. The van der Waals surface area contributed by atoms with Gasteiger partial charge in [-0.1, -0.05) is 18.2 Å². The predicted octanol–water partition coefficient (Wildman–Crippen LogP) is 2.96. The summed E-state index contributed by atoms with van der Waals surface area (Å²) in [6.07, 6.45) is 1.64. The van der Waals surface area contributed by atoms with Crippen LogP contribution in [0.25, 0.3) is 6.08 Å². The van der Waals surface area contributed by atoms with E-state index in [0.29, 0.717) is 11.5 Å². The molecule has 96 valence electrons. The van der Waals surface area contributed by atoms with E-state index < -0.39 is 5.97 Å². The third-order valence-electron chi connectivity index (χ3n) is 2.70. The third kappa shape index (κ3) is 2.37. The molecule has 0 fully saturated rings. The zero-order valence-electron chi connectivity index (χ0n) is 10.2. The number of carbonyl (C=O) groups is 1. The average Bonchev–Trinajstić information content (AvgIpc) is 3.10. The molecule has 0 spiro atoms. The largest absolute Gasteiger partial charge is 0.401 e. The minimum Gasteiger partial charge on any atom is -0.401 e. The number of rotatable bonds is 2. The molecule has 2 aromatic rings. The van der Waals surface area contributed by atoms with Gasteiger partial charge in [0.1, 0.15) is 0 Å². The van der Waals surface area contributed by atoms with E-state index in [1.807, 2.05) is 23.6 Å². The van der Waals surface area contributed by atoms with E-state index in [4.69, 9.17) is 10.00 Å². The van der Waals surface area contributed by atoms with E-state index in [1.54, 1.807) is 30.3 Å². The molecule has 2 heterocycles. The summed E-state index contributed by atoms with van der Waals surface area (Å²) in [5.41, 5.74) is 1.63. The maximum absolute atomic E-state index is 11.8. The Hall–Kier alpha value is -2.71. The fraction of sp³-hybridized carbons (Fsp3) is 0. The van der Waals surface area contributed by atoms with Gasteiger partial charge in [0.25, 0.3) is 0 Å². The summed E-state index contributed by atoms with van der Waals surface area (Å²) in [5, 5.41) is 10.6. The molecule has 0 radical (unpaired) electrons. The van der Waals surface area contributed by atoms with Gasteiger partial charge >= 0.3 is 5.97 Å². The van der Waals surface area contributed by atoms with Crippen LogP contribution in [0.1, 0.15) is 16.0 Å². The van der Waals surface area contributed by atoms with Crippen molar-refractivity contribution in [2.75, 3.05) is 0 Å². The molecule has 5 heteroatoms. The quantitative estimate of drug-likeness (QED) is 0.627. The van der Waals surface area contributed by atoms with Gasteiger partial charge in [-0.2, -0.15) is 5.26 Å². The smallest absolute Gasteiger partial charge is 0.363 e. The fourth-order valence-electron chi connectivity index (χ4n) is 1.73. The van der Waals surface area contributed by atoms with Crippen molar-refractivity contribution in [1.29, 1.82) is 5.26 Å². The number of hydrogen-bond acceptors (Lipinski definition) is 5. The Morgan fingerprint density at radius 1 is 1.25 bits per heavy atom. The standard InChI is InChI=1S/C15H8N2O2S/c16-9-11-5-3-10(4-6-11)8-12-15(18)19-14(17-12)13-2-1-7-20-13/h1-8H/b12-8+. The molecule has 0 atom stereocenters. The first kappa shape index (κ1) is 12.3. The summed E-state index contributed by atoms with van der Waals surface area (Å²) in [7, 11) is 0. The fourth-order valence-corrected chi connectivity index (χ4v) is 2.38. The SMILES string of the molecule is N#Cc1ccc(/C=C2/N=C(c3cccs3)OC2=O)cc1. The van der Waals surface area contributed by atoms with Crippen LogP contribution in [-0.4, -0.2) is 11.9 Å². The van der Waals surface area contributed by atoms with Crippen molar-refractivity contribution >= 4 is 29.3 Å². The van der Waals surface area contributed by atoms with Gasteiger partial charge in [0, 0.05) is 0 Å². The van der Waals surface area contributed by atoms with Crippen molar-refractivity contribution in [3.05, 3.63) is 63.5 Å². The lowest BCUT2D eigenvalue weighted by atomic mass is 10.1. The van der Waals surface area contributed by atoms with Crippen molar-refractivity contribution in [2.45, 2.75) is 0 Å². The Morgan fingerprint density at radius 2 is 2.05 bits per heavy atom. The van der Waals surface area contributed by atoms with Crippen LogP contribution in [-0.2, 0) is 9.53 Å². The molecule has 0 bridgehead atoms. The summed E-state index contributed by atoms with van der Waals surface area (Å²) in [6, 6.07) is 12.7. The average molecular weight is 280 g/mol. The van der Waals surface area contributed by atoms with E-state index in [1.165, 1.54) is 11.3 Å². The van der Waals surface area contributed by atoms with Gasteiger partial charge in [-0.3, -0.25) is 0 Å². The zero-order valence-corrected chi connectivity index (χ0v) is 11.1. The minimum absolute atomic E-state index is 0.262. The Balaban J connectivity index is 1.91. The minimum atomic E-state index is -0.460. The number of benzene rings is 1. The van der Waals surface area contributed by atoms with Crippen LogP contribution >= 0.6 is 11.3 Å². The molecule has 0 amide bonds. The molecule has 0 unspecified atom stereocenters. The molecule has 1 aliphatic rings. The Bertz CT molecular complexity index is 750. The molecule has 0 aliphatic carbocycles. The number of nitrogens with zero attached hydrogens (tertiary/aromatic N) is 2. The molecule has 0 N–H and O–H groups in total. The van der Waals surface area contributed by atoms with Crippen molar-refractivity contribution < 1.29 is 9.53 Å². The van der Waals surface area contributed by atoms with E-state index in [-0.39, 0.29) is 5.70 Å². The van der Waals surface area contributed by atoms with Crippen LogP contribution in [0.5, 0.6) is 0 Å². The second kappa shape index (κ2) is 5.11. The molecule has 3 rings (SSSR count). The number of carbonyl (C=O) groups excluding carboxylic acids is 1. The molecule has 1 aliphatic heterocycles. The van der Waals surface area contributed by atoms with Crippen molar-refractivity contribution in [3.63, 3.8) is 0 Å². The topological polar surface area (TPSA) is 62.4 Å². The van der Waals surface area contributed by atoms with E-state index in [2.05, 4.69) is 4.99 Å². The highest BCUT2D eigenvalue weighted by atomic mass is 32.1. The molecular formula is C15H8N2O2S. The van der Waals surface area contributed by atoms with Crippen molar-refractivity contribution in [2.24, 2.45) is 4.99 Å². The van der Waals surface area contributed by atoms with Gasteiger partial charge < -0.3 is 4.74 Å². The monoisotopic (exact) mass is 280 g/mol. The summed E-state index contributed by atoms with van der Waals surface area (Å²) in [6.45, 7) is 0. The lowest BCUT2D eigenvalue weighted by Gasteiger charge is -1.94. The first-order valence-electron chi connectivity index (χ1n) is 5.83. The molecule has 20 heavy (non-hydrogen) atoms. The second-order valence-corrected chi connectivity index (χ2v) is 4.99. The number of nitriles is 1. The normalized spacial score (nSPS) is 15.8. The first-order valence-corrected chi connectivity index (χ1v) is 6.71. The molecule has 4 nitrogen and oxygen atoms in total. The molecular weight excluding hydrogens is 272 g/mol. The molecule has 0 saturated heterocycles. The van der Waals surface area contributed by atoms with Crippen molar-refractivity contribution in [3.8, 4) is 6.07 Å². The summed E-state index contributed by atoms with van der Waals surface area (Å²) in [4.78, 5) is 16.8. The summed E-state index contributed by atoms with van der Waals surface area (Å²) < 4.78 is 5.14. The number of aliphatic imine (C=N–C) groups is 1. The van der Waals surface area contributed by atoms with Gasteiger partial charge in [-0.25, -0.2) is 9.79 Å². The summed E-state index contributed by atoms with van der Waals surface area (Å²) in [5.74, 6) is -0.123. The lowest BCUT2D eigenvalue weighted by molar-refractivity contribution is -0.129. The number of thiophene rings is 1. The third-order valence-corrected chi connectivity index (χ3v) is 3.55. The van der Waals surface area contributed by atoms with Crippen LogP contribution in [0.2, 0.25) is 0 Å². The van der Waals surface area contributed by atoms with Crippen molar-refractivity contribution in [1.82, 2.24) is 0 Å². The second-order valence-electron chi connectivity index (χ2n) is 4.05. The van der Waals surface area contributed by atoms with Crippen LogP contribution in [0, 0.1) is 11.3 Å². The number of esters is 1. The highest BCUT2D eigenvalue weighted by Gasteiger charge is 2.24. The van der Waals surface area contributed by atoms with Crippen LogP contribution in [0.4, 0.5) is 0 Å². The van der Waals surface area contributed by atoms with Crippen LogP contribution in [0.3, 0.4) is 0 Å². The number of cyclic esters (lactones) is 1. The highest BCUT2D eigenvalue weighted by Crippen LogP contribution is 2.21. The predicted molar refractivity (Wildman–Crippen MR) is 76.1 cm³/mol. The van der Waals surface area contributed by atoms with Gasteiger partial charge in [0.15, 0.2) is 5.70 Å². The van der Waals surface area contributed by atoms with E-state index in [9.17, 15) is 4.79 Å². The van der Waals surface area contributed by atoms with Gasteiger partial charge in [-0.15, -0.1) is 11.3 Å². The van der Waals surface area contributed by atoms with Gasteiger partial charge in [0.05, 0.1) is 16.5 Å². The maximum atomic E-state index is 11.8. The molecule has 0 saturated carbocycles. The Kier molecular flexibility index (Phi) is 3.15. The zero-order chi connectivity index (χ0) is 13.9. The van der Waals surface area contributed by atoms with E-state index >= 15 is 0 Å². The number of hydrogen-bond donors (Lipinski definition) is 0.